The molecule has 1 unspecified atom stereocenters. The number of rotatable bonds is 9. The molecule has 1 saturated heterocycles. The van der Waals surface area contributed by atoms with Crippen LogP contribution in [0.3, 0.4) is 0 Å². The normalized spacial score (nSPS) is 19.6. The van der Waals surface area contributed by atoms with Crippen molar-refractivity contribution in [3.05, 3.63) is 41.8 Å². The summed E-state index contributed by atoms with van der Waals surface area (Å²) < 4.78 is 11.4. The fourth-order valence-corrected chi connectivity index (χ4v) is 3.59. The number of nitrogens with zero attached hydrogens (tertiary/aromatic N) is 1. The number of aliphatic hydroxyl groups is 1. The van der Waals surface area contributed by atoms with Crippen LogP contribution in [0.5, 0.6) is 0 Å². The van der Waals surface area contributed by atoms with Crippen molar-refractivity contribution >= 4 is 17.5 Å². The molecule has 176 valence electrons. The van der Waals surface area contributed by atoms with E-state index in [0.29, 0.717) is 30.1 Å². The van der Waals surface area contributed by atoms with Gasteiger partial charge in [-0.25, -0.2) is 0 Å². The Labute approximate surface area is 189 Å². The SMILES string of the molecule is CCOC1CCN(C2NC(C(=O)Nc3ccccc3C(=O)NCC(C)(C)CO)=CO2)CC1. The van der Waals surface area contributed by atoms with E-state index in [1.165, 1.54) is 6.26 Å². The van der Waals surface area contributed by atoms with E-state index in [4.69, 9.17) is 9.47 Å². The standard InChI is InChI=1S/C23H34N4O5/c1-4-31-16-9-11-27(12-10-16)22-26-19(13-32-22)21(30)25-18-8-6-5-7-17(18)20(29)24-14-23(2,3)15-28/h5-8,13,16,22,26,28H,4,9-12,14-15H2,1-3H3,(H,24,29)(H,25,30). The number of likely N-dealkylation sites (tertiary alicyclic amines) is 1. The van der Waals surface area contributed by atoms with Gasteiger partial charge in [-0.05, 0) is 31.9 Å². The highest BCUT2D eigenvalue weighted by Crippen LogP contribution is 2.21. The Hall–Kier alpha value is -2.62. The smallest absolute Gasteiger partial charge is 0.275 e. The van der Waals surface area contributed by atoms with Crippen molar-refractivity contribution in [3.63, 3.8) is 0 Å². The molecule has 9 heteroatoms. The summed E-state index contributed by atoms with van der Waals surface area (Å²) in [4.78, 5) is 27.6. The van der Waals surface area contributed by atoms with Gasteiger partial charge >= 0.3 is 0 Å². The number of amides is 2. The molecule has 1 aromatic rings. The fraction of sp³-hybridized carbons (Fsp3) is 0.565. The lowest BCUT2D eigenvalue weighted by atomic mass is 9.95. The molecule has 0 aromatic heterocycles. The zero-order chi connectivity index (χ0) is 23.1. The predicted molar refractivity (Wildman–Crippen MR) is 121 cm³/mol. The Morgan fingerprint density at radius 2 is 1.97 bits per heavy atom. The maximum atomic E-state index is 12.8. The Morgan fingerprint density at radius 1 is 1.25 bits per heavy atom. The van der Waals surface area contributed by atoms with E-state index in [0.717, 1.165) is 25.9 Å². The molecule has 9 nitrogen and oxygen atoms in total. The molecule has 32 heavy (non-hydrogen) atoms. The summed E-state index contributed by atoms with van der Waals surface area (Å²) in [7, 11) is 0. The minimum Gasteiger partial charge on any atom is -0.462 e. The number of benzene rings is 1. The number of aliphatic hydroxyl groups excluding tert-OH is 1. The van der Waals surface area contributed by atoms with E-state index in [1.54, 1.807) is 24.3 Å². The minimum absolute atomic E-state index is 0.0457. The van der Waals surface area contributed by atoms with Gasteiger partial charge in [-0.3, -0.25) is 14.5 Å². The maximum Gasteiger partial charge on any atom is 0.275 e. The van der Waals surface area contributed by atoms with Crippen LogP contribution in [-0.4, -0.2) is 67.1 Å². The molecule has 0 bridgehead atoms. The summed E-state index contributed by atoms with van der Waals surface area (Å²) in [6, 6.07) is 6.81. The third kappa shape index (κ3) is 6.21. The largest absolute Gasteiger partial charge is 0.462 e. The summed E-state index contributed by atoms with van der Waals surface area (Å²) in [5.41, 5.74) is 0.623. The second kappa shape index (κ2) is 10.8. The van der Waals surface area contributed by atoms with Gasteiger partial charge in [0, 0.05) is 38.3 Å². The van der Waals surface area contributed by atoms with Gasteiger partial charge in [-0.15, -0.1) is 0 Å². The van der Waals surface area contributed by atoms with Crippen LogP contribution in [0, 0.1) is 5.41 Å². The lowest BCUT2D eigenvalue weighted by Gasteiger charge is -2.34. The molecule has 2 amide bonds. The van der Waals surface area contributed by atoms with Gasteiger partial charge in [0.05, 0.1) is 17.4 Å². The summed E-state index contributed by atoms with van der Waals surface area (Å²) in [6.45, 7) is 8.33. The zero-order valence-corrected chi connectivity index (χ0v) is 19.0. The van der Waals surface area contributed by atoms with E-state index in [1.807, 2.05) is 20.8 Å². The third-order valence-electron chi connectivity index (χ3n) is 5.62. The van der Waals surface area contributed by atoms with Crippen LogP contribution in [0.25, 0.3) is 0 Å². The van der Waals surface area contributed by atoms with Crippen molar-refractivity contribution < 1.29 is 24.2 Å². The second-order valence-electron chi connectivity index (χ2n) is 8.86. The number of nitrogens with one attached hydrogen (secondary N) is 3. The van der Waals surface area contributed by atoms with Crippen LogP contribution in [0.4, 0.5) is 5.69 Å². The summed E-state index contributed by atoms with van der Waals surface area (Å²) in [5, 5.41) is 18.1. The molecule has 2 heterocycles. The van der Waals surface area contributed by atoms with Crippen molar-refractivity contribution in [1.82, 2.24) is 15.5 Å². The van der Waals surface area contributed by atoms with Gasteiger partial charge in [0.2, 0.25) is 6.35 Å². The zero-order valence-electron chi connectivity index (χ0n) is 19.0. The molecule has 0 aliphatic carbocycles. The Balaban J connectivity index is 1.55. The number of hydrogen-bond acceptors (Lipinski definition) is 7. The van der Waals surface area contributed by atoms with Gasteiger partial charge in [0.1, 0.15) is 12.0 Å². The number of piperidine rings is 1. The lowest BCUT2D eigenvalue weighted by Crippen LogP contribution is -2.49. The Kier molecular flexibility index (Phi) is 8.11. The molecular formula is C23H34N4O5. The molecule has 2 aliphatic heterocycles. The maximum absolute atomic E-state index is 12.8. The van der Waals surface area contributed by atoms with Crippen LogP contribution in [-0.2, 0) is 14.3 Å². The predicted octanol–water partition coefficient (Wildman–Crippen LogP) is 1.62. The van der Waals surface area contributed by atoms with Gasteiger partial charge in [-0.2, -0.15) is 0 Å². The van der Waals surface area contributed by atoms with Crippen molar-refractivity contribution in [2.24, 2.45) is 5.41 Å². The van der Waals surface area contributed by atoms with Crippen LogP contribution >= 0.6 is 0 Å². The first-order valence-corrected chi connectivity index (χ1v) is 11.1. The number of ether oxygens (including phenoxy) is 2. The molecule has 1 aromatic carbocycles. The fourth-order valence-electron chi connectivity index (χ4n) is 3.59. The van der Waals surface area contributed by atoms with Crippen LogP contribution < -0.4 is 16.0 Å². The molecule has 4 N–H and O–H groups in total. The van der Waals surface area contributed by atoms with E-state index in [9.17, 15) is 14.7 Å². The second-order valence-corrected chi connectivity index (χ2v) is 8.86. The molecule has 2 aliphatic rings. The summed E-state index contributed by atoms with van der Waals surface area (Å²) in [5.74, 6) is -0.699. The highest BCUT2D eigenvalue weighted by Gasteiger charge is 2.31. The quantitative estimate of drug-likeness (QED) is 0.456. The summed E-state index contributed by atoms with van der Waals surface area (Å²) >= 11 is 0. The molecular weight excluding hydrogens is 412 g/mol. The van der Waals surface area contributed by atoms with Crippen LogP contribution in [0.1, 0.15) is 44.0 Å². The average Bonchev–Trinajstić information content (AvgIpc) is 3.29. The highest BCUT2D eigenvalue weighted by molar-refractivity contribution is 6.08. The van der Waals surface area contributed by atoms with Gasteiger partial charge in [0.15, 0.2) is 0 Å². The minimum atomic E-state index is -0.435. The number of carbonyl (C=O) groups excluding carboxylic acids is 2. The number of anilines is 1. The molecule has 0 spiro atoms. The van der Waals surface area contributed by atoms with Gasteiger partial charge in [0.25, 0.3) is 11.8 Å². The van der Waals surface area contributed by atoms with Crippen molar-refractivity contribution in [2.75, 3.05) is 38.2 Å². The summed E-state index contributed by atoms with van der Waals surface area (Å²) in [6.07, 6.45) is 3.15. The first kappa shape index (κ1) is 24.0. The highest BCUT2D eigenvalue weighted by atomic mass is 16.5. The van der Waals surface area contributed by atoms with Crippen LogP contribution in [0.15, 0.2) is 36.2 Å². The first-order valence-electron chi connectivity index (χ1n) is 11.1. The lowest BCUT2D eigenvalue weighted by molar-refractivity contribution is -0.113. The van der Waals surface area contributed by atoms with Crippen LogP contribution in [0.2, 0.25) is 0 Å². The van der Waals surface area contributed by atoms with Crippen molar-refractivity contribution in [3.8, 4) is 0 Å². The third-order valence-corrected chi connectivity index (χ3v) is 5.62. The van der Waals surface area contributed by atoms with E-state index in [2.05, 4.69) is 20.9 Å². The average molecular weight is 447 g/mol. The number of hydrogen-bond donors (Lipinski definition) is 4. The molecule has 1 atom stereocenters. The van der Waals surface area contributed by atoms with Crippen molar-refractivity contribution in [1.29, 1.82) is 0 Å². The van der Waals surface area contributed by atoms with Crippen molar-refractivity contribution in [2.45, 2.75) is 46.1 Å². The first-order chi connectivity index (χ1) is 15.3. The van der Waals surface area contributed by atoms with E-state index in [-0.39, 0.29) is 24.5 Å². The van der Waals surface area contributed by atoms with Gasteiger partial charge in [-0.1, -0.05) is 26.0 Å². The Morgan fingerprint density at radius 3 is 2.66 bits per heavy atom. The Bertz CT molecular complexity index is 833. The monoisotopic (exact) mass is 446 g/mol. The number of para-hydroxylation sites is 1. The molecule has 1 fully saturated rings. The topological polar surface area (TPSA) is 112 Å². The molecule has 0 saturated carbocycles. The molecule has 3 rings (SSSR count). The number of carbonyl (C=O) groups is 2. The van der Waals surface area contributed by atoms with E-state index >= 15 is 0 Å². The van der Waals surface area contributed by atoms with E-state index < -0.39 is 11.8 Å². The molecule has 0 radical (unpaired) electrons. The van der Waals surface area contributed by atoms with Gasteiger partial charge < -0.3 is 30.5 Å².